The van der Waals surface area contributed by atoms with E-state index in [0.29, 0.717) is 25.9 Å². The topological polar surface area (TPSA) is 89.8 Å². The Morgan fingerprint density at radius 2 is 2.00 bits per heavy atom. The lowest BCUT2D eigenvalue weighted by Crippen LogP contribution is -2.40. The molecule has 0 N–H and O–H groups in total. The van der Waals surface area contributed by atoms with Gasteiger partial charge in [0.25, 0.3) is 5.69 Å². The first-order chi connectivity index (χ1) is 9.86. The maximum Gasteiger partial charge on any atom is 0.289 e. The van der Waals surface area contributed by atoms with Gasteiger partial charge in [0.2, 0.25) is 10.0 Å². The van der Waals surface area contributed by atoms with E-state index in [9.17, 15) is 18.5 Å². The van der Waals surface area contributed by atoms with Gasteiger partial charge >= 0.3 is 0 Å². The minimum Gasteiger partial charge on any atom is -0.381 e. The van der Waals surface area contributed by atoms with Gasteiger partial charge < -0.3 is 4.74 Å². The Morgan fingerprint density at radius 1 is 1.38 bits per heavy atom. The van der Waals surface area contributed by atoms with Gasteiger partial charge in [0, 0.05) is 26.3 Å². The van der Waals surface area contributed by atoms with Crippen molar-refractivity contribution in [1.29, 1.82) is 0 Å². The van der Waals surface area contributed by atoms with Crippen molar-refractivity contribution < 1.29 is 18.1 Å². The second-order valence-corrected chi connectivity index (χ2v) is 7.05. The zero-order chi connectivity index (χ0) is 15.6. The highest BCUT2D eigenvalue weighted by Crippen LogP contribution is 2.29. The predicted octanol–water partition coefficient (Wildman–Crippen LogP) is 2.05. The maximum atomic E-state index is 12.5. The Labute approximate surface area is 127 Å². The summed E-state index contributed by atoms with van der Waals surface area (Å²) in [6, 6.07) is 3.52. The van der Waals surface area contributed by atoms with Crippen molar-refractivity contribution in [2.24, 2.45) is 0 Å². The standard InChI is InChI=1S/C12H15ClN2O5S/c1-20-9-4-6-14(7-5-9)21(18,19)10-2-3-11(13)12(8-10)15(16)17/h2-3,8-9H,4-7H2,1H3. The van der Waals surface area contributed by atoms with Crippen LogP contribution in [0.15, 0.2) is 23.1 Å². The lowest BCUT2D eigenvalue weighted by Gasteiger charge is -2.30. The van der Waals surface area contributed by atoms with Crippen LogP contribution in [-0.2, 0) is 14.8 Å². The molecule has 0 aromatic heterocycles. The van der Waals surface area contributed by atoms with Crippen LogP contribution >= 0.6 is 11.6 Å². The summed E-state index contributed by atoms with van der Waals surface area (Å²) < 4.78 is 31.5. The van der Waals surface area contributed by atoms with Crippen LogP contribution in [0.4, 0.5) is 5.69 Å². The molecule has 1 aliphatic rings. The third-order valence-corrected chi connectivity index (χ3v) is 5.70. The van der Waals surface area contributed by atoms with Crippen LogP contribution in [0.3, 0.4) is 0 Å². The number of nitro benzene ring substituents is 1. The zero-order valence-corrected chi connectivity index (χ0v) is 12.9. The van der Waals surface area contributed by atoms with Gasteiger partial charge in [-0.25, -0.2) is 8.42 Å². The van der Waals surface area contributed by atoms with E-state index in [1.54, 1.807) is 7.11 Å². The zero-order valence-electron chi connectivity index (χ0n) is 11.4. The molecule has 0 amide bonds. The van der Waals surface area contributed by atoms with Crippen LogP contribution < -0.4 is 0 Å². The largest absolute Gasteiger partial charge is 0.381 e. The number of sulfonamides is 1. The molecule has 0 saturated carbocycles. The molecule has 1 fully saturated rings. The fourth-order valence-corrected chi connectivity index (χ4v) is 3.93. The quantitative estimate of drug-likeness (QED) is 0.621. The minimum absolute atomic E-state index is 0.0519. The van der Waals surface area contributed by atoms with Crippen molar-refractivity contribution >= 4 is 27.3 Å². The molecule has 9 heteroatoms. The van der Waals surface area contributed by atoms with Crippen molar-refractivity contribution in [3.05, 3.63) is 33.3 Å². The van der Waals surface area contributed by atoms with Crippen LogP contribution in [0.25, 0.3) is 0 Å². The summed E-state index contributed by atoms with van der Waals surface area (Å²) in [6.07, 6.45) is 1.26. The first-order valence-corrected chi connectivity index (χ1v) is 8.15. The molecular formula is C12H15ClN2O5S. The number of hydrogen-bond donors (Lipinski definition) is 0. The normalized spacial score (nSPS) is 17.8. The molecule has 0 unspecified atom stereocenters. The number of methoxy groups -OCH3 is 1. The molecule has 0 atom stereocenters. The predicted molar refractivity (Wildman–Crippen MR) is 76.9 cm³/mol. The molecule has 1 aromatic rings. The fourth-order valence-electron chi connectivity index (χ4n) is 2.25. The molecule has 0 aliphatic carbocycles. The van der Waals surface area contributed by atoms with Crippen LogP contribution in [0, 0.1) is 10.1 Å². The molecule has 116 valence electrons. The van der Waals surface area contributed by atoms with Crippen LogP contribution in [0.5, 0.6) is 0 Å². The highest BCUT2D eigenvalue weighted by atomic mass is 35.5. The summed E-state index contributed by atoms with van der Waals surface area (Å²) in [5.74, 6) is 0. The number of benzene rings is 1. The number of piperidine rings is 1. The number of rotatable bonds is 4. The first-order valence-electron chi connectivity index (χ1n) is 6.33. The molecule has 7 nitrogen and oxygen atoms in total. The number of nitro groups is 1. The van der Waals surface area contributed by atoms with E-state index in [1.165, 1.54) is 16.4 Å². The minimum atomic E-state index is -3.75. The highest BCUT2D eigenvalue weighted by Gasteiger charge is 2.30. The third-order valence-electron chi connectivity index (χ3n) is 3.49. The summed E-state index contributed by atoms with van der Waals surface area (Å²) in [6.45, 7) is 0.661. The van der Waals surface area contributed by atoms with E-state index < -0.39 is 20.6 Å². The molecule has 1 aromatic carbocycles. The van der Waals surface area contributed by atoms with Crippen LogP contribution in [0.2, 0.25) is 5.02 Å². The van der Waals surface area contributed by atoms with Crippen molar-refractivity contribution in [2.75, 3.05) is 20.2 Å². The Bertz CT molecular complexity index is 641. The summed E-state index contributed by atoms with van der Waals surface area (Å²) in [4.78, 5) is 10.0. The lowest BCUT2D eigenvalue weighted by atomic mass is 10.1. The molecule has 1 heterocycles. The monoisotopic (exact) mass is 334 g/mol. The molecule has 0 radical (unpaired) electrons. The van der Waals surface area contributed by atoms with Gasteiger partial charge in [0.05, 0.1) is 15.9 Å². The average molecular weight is 335 g/mol. The molecule has 2 rings (SSSR count). The first kappa shape index (κ1) is 16.2. The highest BCUT2D eigenvalue weighted by molar-refractivity contribution is 7.89. The van der Waals surface area contributed by atoms with Gasteiger partial charge in [-0.2, -0.15) is 4.31 Å². The fraction of sp³-hybridized carbons (Fsp3) is 0.500. The SMILES string of the molecule is COC1CCN(S(=O)(=O)c2ccc(Cl)c([N+](=O)[O-])c2)CC1. The molecule has 1 aliphatic heterocycles. The summed E-state index contributed by atoms with van der Waals surface area (Å²) >= 11 is 5.70. The van der Waals surface area contributed by atoms with E-state index in [-0.39, 0.29) is 16.0 Å². The Kier molecular flexibility index (Phi) is 4.82. The molecule has 0 bridgehead atoms. The van der Waals surface area contributed by atoms with Gasteiger partial charge in [0.15, 0.2) is 0 Å². The van der Waals surface area contributed by atoms with E-state index in [4.69, 9.17) is 16.3 Å². The Morgan fingerprint density at radius 3 is 2.52 bits per heavy atom. The van der Waals surface area contributed by atoms with E-state index >= 15 is 0 Å². The average Bonchev–Trinajstić information content (AvgIpc) is 2.47. The summed E-state index contributed by atoms with van der Waals surface area (Å²) in [5, 5.41) is 10.8. The van der Waals surface area contributed by atoms with Gasteiger partial charge in [-0.15, -0.1) is 0 Å². The number of nitrogens with zero attached hydrogens (tertiary/aromatic N) is 2. The lowest BCUT2D eigenvalue weighted by molar-refractivity contribution is -0.384. The van der Waals surface area contributed by atoms with Crippen molar-refractivity contribution in [3.8, 4) is 0 Å². The van der Waals surface area contributed by atoms with Gasteiger partial charge in [-0.1, -0.05) is 11.6 Å². The Hall–Kier alpha value is -1.22. The number of halogens is 1. The molecule has 1 saturated heterocycles. The Balaban J connectivity index is 2.28. The van der Waals surface area contributed by atoms with E-state index in [1.807, 2.05) is 0 Å². The van der Waals surface area contributed by atoms with Crippen molar-refractivity contribution in [3.63, 3.8) is 0 Å². The smallest absolute Gasteiger partial charge is 0.289 e. The molecule has 21 heavy (non-hydrogen) atoms. The number of ether oxygens (including phenoxy) is 1. The van der Waals surface area contributed by atoms with Crippen molar-refractivity contribution in [2.45, 2.75) is 23.8 Å². The number of hydrogen-bond acceptors (Lipinski definition) is 5. The van der Waals surface area contributed by atoms with E-state index in [2.05, 4.69) is 0 Å². The maximum absolute atomic E-state index is 12.5. The second kappa shape index (κ2) is 6.27. The van der Waals surface area contributed by atoms with Crippen molar-refractivity contribution in [1.82, 2.24) is 4.31 Å². The van der Waals surface area contributed by atoms with Crippen LogP contribution in [-0.4, -0.2) is 43.9 Å². The van der Waals surface area contributed by atoms with Crippen LogP contribution in [0.1, 0.15) is 12.8 Å². The molecule has 0 spiro atoms. The van der Waals surface area contributed by atoms with Gasteiger partial charge in [-0.05, 0) is 25.0 Å². The van der Waals surface area contributed by atoms with Gasteiger partial charge in [-0.3, -0.25) is 10.1 Å². The van der Waals surface area contributed by atoms with E-state index in [0.717, 1.165) is 6.07 Å². The summed E-state index contributed by atoms with van der Waals surface area (Å²) in [5.41, 5.74) is -0.412. The summed E-state index contributed by atoms with van der Waals surface area (Å²) in [7, 11) is -2.16. The second-order valence-electron chi connectivity index (χ2n) is 4.71. The third kappa shape index (κ3) is 3.34. The van der Waals surface area contributed by atoms with Gasteiger partial charge in [0.1, 0.15) is 5.02 Å². The molecular weight excluding hydrogens is 320 g/mol.